The third kappa shape index (κ3) is 3.11. The number of amides is 1. The number of rotatable bonds is 4. The first-order valence-electron chi connectivity index (χ1n) is 6.43. The van der Waals surface area contributed by atoms with Gasteiger partial charge in [0.2, 0.25) is 5.91 Å². The van der Waals surface area contributed by atoms with Crippen molar-refractivity contribution in [2.75, 3.05) is 24.0 Å². The lowest BCUT2D eigenvalue weighted by Gasteiger charge is -2.24. The molecule has 1 aromatic carbocycles. The molecule has 0 saturated heterocycles. The zero-order valence-corrected chi connectivity index (χ0v) is 12.7. The molecule has 1 aliphatic heterocycles. The van der Waals surface area contributed by atoms with Crippen molar-refractivity contribution in [3.05, 3.63) is 35.3 Å². The molecule has 0 fully saturated rings. The van der Waals surface area contributed by atoms with Crippen LogP contribution < -0.4 is 14.4 Å². The van der Waals surface area contributed by atoms with E-state index in [1.807, 2.05) is 18.2 Å². The lowest BCUT2D eigenvalue weighted by atomic mass is 10.2. The fourth-order valence-electron chi connectivity index (χ4n) is 2.08. The Balaban J connectivity index is 1.90. The van der Waals surface area contributed by atoms with E-state index in [2.05, 4.69) is 4.37 Å². The minimum atomic E-state index is -0.165. The first-order chi connectivity index (χ1) is 10.3. The number of carbonyl (C=O) groups excluding carboxylic acids is 1. The third-order valence-electron chi connectivity index (χ3n) is 3.06. The van der Waals surface area contributed by atoms with Crippen molar-refractivity contribution in [1.29, 1.82) is 0 Å². The molecule has 0 bridgehead atoms. The second-order valence-corrected chi connectivity index (χ2v) is 5.61. The van der Waals surface area contributed by atoms with Crippen molar-refractivity contribution < 1.29 is 14.3 Å². The van der Waals surface area contributed by atoms with Gasteiger partial charge in [0.15, 0.2) is 11.5 Å². The van der Waals surface area contributed by atoms with Gasteiger partial charge in [-0.25, -0.2) is 4.37 Å². The molecular formula is C14H13ClN2O3S. The molecule has 1 aromatic heterocycles. The van der Waals surface area contributed by atoms with E-state index < -0.39 is 0 Å². The van der Waals surface area contributed by atoms with Crippen LogP contribution >= 0.6 is 23.1 Å². The van der Waals surface area contributed by atoms with E-state index in [0.29, 0.717) is 31.3 Å². The van der Waals surface area contributed by atoms with Crippen LogP contribution in [0.1, 0.15) is 4.88 Å². The fourth-order valence-corrected chi connectivity index (χ4v) is 2.78. The van der Waals surface area contributed by atoms with Crippen LogP contribution in [0.5, 0.6) is 11.5 Å². The van der Waals surface area contributed by atoms with Crippen LogP contribution in [0.3, 0.4) is 0 Å². The second-order valence-electron chi connectivity index (χ2n) is 4.42. The highest BCUT2D eigenvalue weighted by molar-refractivity contribution is 7.05. The monoisotopic (exact) mass is 324 g/mol. The number of nitrogens with zero attached hydrogens (tertiary/aromatic N) is 2. The summed E-state index contributed by atoms with van der Waals surface area (Å²) in [6.07, 6.45) is 1.72. The molecule has 110 valence electrons. The van der Waals surface area contributed by atoms with Gasteiger partial charge in [-0.05, 0) is 29.7 Å². The summed E-state index contributed by atoms with van der Waals surface area (Å²) in [4.78, 5) is 14.7. The Morgan fingerprint density at radius 1 is 1.29 bits per heavy atom. The Labute approximate surface area is 131 Å². The van der Waals surface area contributed by atoms with Gasteiger partial charge in [-0.15, -0.1) is 11.6 Å². The van der Waals surface area contributed by atoms with Crippen molar-refractivity contribution >= 4 is 34.7 Å². The van der Waals surface area contributed by atoms with Crippen molar-refractivity contribution in [2.45, 2.75) is 6.54 Å². The van der Waals surface area contributed by atoms with Crippen molar-refractivity contribution in [3.63, 3.8) is 0 Å². The van der Waals surface area contributed by atoms with E-state index in [-0.39, 0.29) is 11.8 Å². The summed E-state index contributed by atoms with van der Waals surface area (Å²) in [7, 11) is 0. The number of aromatic nitrogens is 1. The number of hydrogen-bond acceptors (Lipinski definition) is 5. The van der Waals surface area contributed by atoms with Gasteiger partial charge in [-0.3, -0.25) is 4.79 Å². The van der Waals surface area contributed by atoms with Crippen LogP contribution in [0, 0.1) is 0 Å². The van der Waals surface area contributed by atoms with E-state index in [1.165, 1.54) is 11.5 Å². The summed E-state index contributed by atoms with van der Waals surface area (Å²) in [5, 5.41) is 0. The highest BCUT2D eigenvalue weighted by Crippen LogP contribution is 2.34. The second kappa shape index (κ2) is 6.32. The van der Waals surface area contributed by atoms with E-state index in [9.17, 15) is 4.79 Å². The minimum Gasteiger partial charge on any atom is -0.486 e. The van der Waals surface area contributed by atoms with Crippen LogP contribution in [0.4, 0.5) is 5.69 Å². The minimum absolute atomic E-state index is 0.0761. The van der Waals surface area contributed by atoms with E-state index in [4.69, 9.17) is 21.1 Å². The summed E-state index contributed by atoms with van der Waals surface area (Å²) in [5.41, 5.74) is 0.735. The van der Waals surface area contributed by atoms with Gasteiger partial charge in [0.1, 0.15) is 19.1 Å². The molecule has 21 heavy (non-hydrogen) atoms. The number of carbonyl (C=O) groups is 1. The maximum absolute atomic E-state index is 12.1. The molecule has 0 saturated carbocycles. The van der Waals surface area contributed by atoms with E-state index >= 15 is 0 Å². The summed E-state index contributed by atoms with van der Waals surface area (Å²) >= 11 is 7.08. The Morgan fingerprint density at radius 3 is 2.81 bits per heavy atom. The van der Waals surface area contributed by atoms with Gasteiger partial charge in [0.25, 0.3) is 0 Å². The normalized spacial score (nSPS) is 13.0. The number of halogens is 1. The Kier molecular flexibility index (Phi) is 4.26. The average molecular weight is 325 g/mol. The number of hydrogen-bond donors (Lipinski definition) is 0. The molecule has 0 unspecified atom stereocenters. The lowest BCUT2D eigenvalue weighted by molar-refractivity contribution is -0.116. The number of fused-ring (bicyclic) bond motifs is 1. The predicted octanol–water partition coefficient (Wildman–Crippen LogP) is 2.69. The third-order valence-corrected chi connectivity index (χ3v) is 4.01. The number of anilines is 1. The standard InChI is InChI=1S/C14H13ClN2O3S/c15-8-14(18)17(9-11-3-4-16-21-11)10-1-2-12-13(7-10)20-6-5-19-12/h1-4,7H,5-6,8-9H2. The predicted molar refractivity (Wildman–Crippen MR) is 81.5 cm³/mol. The maximum atomic E-state index is 12.1. The summed E-state index contributed by atoms with van der Waals surface area (Å²) in [6, 6.07) is 7.33. The molecule has 2 heterocycles. The summed E-state index contributed by atoms with van der Waals surface area (Å²) in [5.74, 6) is 1.10. The average Bonchev–Trinajstić information content (AvgIpc) is 3.04. The maximum Gasteiger partial charge on any atom is 0.242 e. The molecule has 0 spiro atoms. The van der Waals surface area contributed by atoms with Crippen LogP contribution in [-0.2, 0) is 11.3 Å². The van der Waals surface area contributed by atoms with E-state index in [1.54, 1.807) is 17.2 Å². The Bertz CT molecular complexity index is 633. The topological polar surface area (TPSA) is 51.7 Å². The molecule has 0 N–H and O–H groups in total. The highest BCUT2D eigenvalue weighted by Gasteiger charge is 2.19. The Hall–Kier alpha value is -1.79. The van der Waals surface area contributed by atoms with Gasteiger partial charge in [0.05, 0.1) is 6.54 Å². The molecule has 1 aliphatic rings. The van der Waals surface area contributed by atoms with Gasteiger partial charge >= 0.3 is 0 Å². The van der Waals surface area contributed by atoms with Crippen LogP contribution in [0.15, 0.2) is 30.5 Å². The van der Waals surface area contributed by atoms with Crippen LogP contribution in [0.25, 0.3) is 0 Å². The Morgan fingerprint density at radius 2 is 2.10 bits per heavy atom. The molecule has 0 atom stereocenters. The zero-order chi connectivity index (χ0) is 14.7. The molecule has 2 aromatic rings. The van der Waals surface area contributed by atoms with Crippen molar-refractivity contribution in [3.8, 4) is 11.5 Å². The van der Waals surface area contributed by atoms with E-state index in [0.717, 1.165) is 10.6 Å². The number of alkyl halides is 1. The molecule has 0 aliphatic carbocycles. The molecule has 5 nitrogen and oxygen atoms in total. The fraction of sp³-hybridized carbons (Fsp3) is 0.286. The van der Waals surface area contributed by atoms with Crippen molar-refractivity contribution in [1.82, 2.24) is 4.37 Å². The largest absolute Gasteiger partial charge is 0.486 e. The van der Waals surface area contributed by atoms with Crippen LogP contribution in [0.2, 0.25) is 0 Å². The number of ether oxygens (including phenoxy) is 2. The molecule has 7 heteroatoms. The first-order valence-corrected chi connectivity index (χ1v) is 7.74. The molecule has 0 radical (unpaired) electrons. The molecular weight excluding hydrogens is 312 g/mol. The quantitative estimate of drug-likeness (QED) is 0.811. The summed E-state index contributed by atoms with van der Waals surface area (Å²) < 4.78 is 15.1. The first kappa shape index (κ1) is 14.2. The summed E-state index contributed by atoms with van der Waals surface area (Å²) in [6.45, 7) is 1.49. The smallest absolute Gasteiger partial charge is 0.242 e. The van der Waals surface area contributed by atoms with Gasteiger partial charge < -0.3 is 14.4 Å². The van der Waals surface area contributed by atoms with Crippen LogP contribution in [-0.4, -0.2) is 29.4 Å². The molecule has 3 rings (SSSR count). The SMILES string of the molecule is O=C(CCl)N(Cc1ccns1)c1ccc2c(c1)OCCO2. The lowest BCUT2D eigenvalue weighted by Crippen LogP contribution is -2.31. The van der Waals surface area contributed by atoms with Gasteiger partial charge in [-0.2, -0.15) is 0 Å². The zero-order valence-electron chi connectivity index (χ0n) is 11.1. The molecule has 1 amide bonds. The van der Waals surface area contributed by atoms with Gasteiger partial charge in [-0.1, -0.05) is 0 Å². The van der Waals surface area contributed by atoms with Crippen molar-refractivity contribution in [2.24, 2.45) is 0 Å². The number of benzene rings is 1. The highest BCUT2D eigenvalue weighted by atomic mass is 35.5. The van der Waals surface area contributed by atoms with Gasteiger partial charge in [0, 0.05) is 22.8 Å².